The number of amides is 5. The third-order valence-corrected chi connectivity index (χ3v) is 7.52. The first-order valence-electron chi connectivity index (χ1n) is 11.5. The Hall–Kier alpha value is -4.05. The Morgan fingerprint density at radius 3 is 2.58 bits per heavy atom. The standard InChI is InChI=1S/C23H21FN6O6/c1-9-6-30-16-12(4-23(18(30)10(2)35-9)20(32)26-22(34)27-21(23)33)3-13-15(28-36-17(13)14(16)24)19(31)29-7-11(5-25)8-29/h3,9-11,18H,4,6-8H2,1-2H3,(H2,26,27,32,33,34)/t9-,10+,18-/m1/s1. The summed E-state index contributed by atoms with van der Waals surface area (Å²) in [6.07, 6.45) is -1.24. The third-order valence-electron chi connectivity index (χ3n) is 7.52. The van der Waals surface area contributed by atoms with E-state index in [1.807, 2.05) is 0 Å². The number of imide groups is 2. The zero-order valence-electron chi connectivity index (χ0n) is 19.3. The molecule has 3 fully saturated rings. The summed E-state index contributed by atoms with van der Waals surface area (Å²) in [5, 5.41) is 17.3. The lowest BCUT2D eigenvalue weighted by Gasteiger charge is -2.55. The van der Waals surface area contributed by atoms with Crippen LogP contribution in [0.1, 0.15) is 29.9 Å². The molecule has 186 valence electrons. The lowest BCUT2D eigenvalue weighted by Crippen LogP contribution is -2.75. The molecule has 1 spiro atoms. The van der Waals surface area contributed by atoms with Crippen LogP contribution in [-0.4, -0.2) is 71.7 Å². The van der Waals surface area contributed by atoms with E-state index in [0.717, 1.165) is 0 Å². The molecule has 3 atom stereocenters. The number of carbonyl (C=O) groups excluding carboxylic acids is 4. The fourth-order valence-corrected chi connectivity index (χ4v) is 5.98. The van der Waals surface area contributed by atoms with E-state index in [0.29, 0.717) is 5.56 Å². The van der Waals surface area contributed by atoms with Crippen LogP contribution < -0.4 is 15.5 Å². The number of likely N-dealkylation sites (tertiary alicyclic amines) is 1. The van der Waals surface area contributed by atoms with Crippen molar-refractivity contribution in [3.8, 4) is 6.07 Å². The molecule has 36 heavy (non-hydrogen) atoms. The smallest absolute Gasteiger partial charge is 0.328 e. The van der Waals surface area contributed by atoms with E-state index >= 15 is 4.39 Å². The van der Waals surface area contributed by atoms with Gasteiger partial charge in [0.2, 0.25) is 17.4 Å². The van der Waals surface area contributed by atoms with Gasteiger partial charge < -0.3 is 19.1 Å². The predicted octanol–water partition coefficient (Wildman–Crippen LogP) is 0.453. The second-order valence-corrected chi connectivity index (χ2v) is 9.78. The van der Waals surface area contributed by atoms with Crippen molar-refractivity contribution in [1.29, 1.82) is 5.26 Å². The molecule has 2 aromatic rings. The Morgan fingerprint density at radius 2 is 1.92 bits per heavy atom. The predicted molar refractivity (Wildman–Crippen MR) is 118 cm³/mol. The van der Waals surface area contributed by atoms with Gasteiger partial charge in [-0.3, -0.25) is 25.0 Å². The number of aromatic nitrogens is 1. The molecule has 4 aliphatic rings. The summed E-state index contributed by atoms with van der Waals surface area (Å²) in [4.78, 5) is 54.4. The molecule has 1 aromatic carbocycles. The number of carbonyl (C=O) groups is 4. The number of hydrogen-bond acceptors (Lipinski definition) is 9. The number of fused-ring (bicyclic) bond motifs is 5. The Bertz CT molecular complexity index is 1390. The van der Waals surface area contributed by atoms with Crippen molar-refractivity contribution < 1.29 is 32.8 Å². The summed E-state index contributed by atoms with van der Waals surface area (Å²) in [6, 6.07) is 1.76. The minimum atomic E-state index is -1.78. The Kier molecular flexibility index (Phi) is 4.65. The fourth-order valence-electron chi connectivity index (χ4n) is 5.98. The number of barbiturate groups is 1. The highest BCUT2D eigenvalue weighted by Gasteiger charge is 2.63. The highest BCUT2D eigenvalue weighted by Crippen LogP contribution is 2.49. The first-order valence-corrected chi connectivity index (χ1v) is 11.5. The number of rotatable bonds is 1. The van der Waals surface area contributed by atoms with Gasteiger partial charge in [-0.25, -0.2) is 9.18 Å². The van der Waals surface area contributed by atoms with Gasteiger partial charge in [-0.05, 0) is 25.5 Å². The van der Waals surface area contributed by atoms with Gasteiger partial charge in [-0.1, -0.05) is 5.16 Å². The van der Waals surface area contributed by atoms with E-state index in [4.69, 9.17) is 14.5 Å². The number of ether oxygens (including phenoxy) is 1. The minimum absolute atomic E-state index is 0.104. The van der Waals surface area contributed by atoms with E-state index in [9.17, 15) is 19.2 Å². The maximum Gasteiger partial charge on any atom is 0.328 e. The van der Waals surface area contributed by atoms with Crippen LogP contribution in [0, 0.1) is 28.5 Å². The van der Waals surface area contributed by atoms with Gasteiger partial charge >= 0.3 is 6.03 Å². The fraction of sp³-hybridized carbons (Fsp3) is 0.478. The largest absolute Gasteiger partial charge is 0.372 e. The lowest BCUT2D eigenvalue weighted by atomic mass is 9.66. The number of nitrogens with one attached hydrogen (secondary N) is 2. The summed E-state index contributed by atoms with van der Waals surface area (Å²) in [5.41, 5.74) is -1.67. The van der Waals surface area contributed by atoms with E-state index < -0.39 is 47.1 Å². The molecule has 4 aliphatic heterocycles. The van der Waals surface area contributed by atoms with Gasteiger partial charge in [0.05, 0.1) is 41.3 Å². The highest BCUT2D eigenvalue weighted by molar-refractivity contribution is 6.20. The zero-order chi connectivity index (χ0) is 25.5. The molecule has 0 bridgehead atoms. The molecule has 12 nitrogen and oxygen atoms in total. The monoisotopic (exact) mass is 496 g/mol. The van der Waals surface area contributed by atoms with Gasteiger partial charge in [0.1, 0.15) is 0 Å². The SMILES string of the molecule is C[C@@H]1CN2c3c(cc4c(C(=O)N5CC(C#N)C5)noc4c3F)CC3(C(=O)NC(=O)NC3=O)[C@H]2[C@H](C)O1. The molecule has 0 radical (unpaired) electrons. The number of hydrogen-bond donors (Lipinski definition) is 2. The van der Waals surface area contributed by atoms with Crippen LogP contribution in [-0.2, 0) is 20.7 Å². The highest BCUT2D eigenvalue weighted by atomic mass is 19.1. The number of anilines is 1. The molecule has 5 heterocycles. The summed E-state index contributed by atoms with van der Waals surface area (Å²) in [6.45, 7) is 4.13. The maximum absolute atomic E-state index is 16.0. The van der Waals surface area contributed by atoms with Gasteiger partial charge in [0.25, 0.3) is 5.91 Å². The van der Waals surface area contributed by atoms with Crippen LogP contribution in [0.15, 0.2) is 10.6 Å². The molecule has 1 aromatic heterocycles. The molecule has 2 N–H and O–H groups in total. The Balaban J connectivity index is 1.52. The molecular formula is C23H21FN6O6. The quantitative estimate of drug-likeness (QED) is 0.535. The topological polar surface area (TPSA) is 158 Å². The van der Waals surface area contributed by atoms with Gasteiger partial charge in [0.15, 0.2) is 16.9 Å². The van der Waals surface area contributed by atoms with Crippen molar-refractivity contribution in [3.63, 3.8) is 0 Å². The van der Waals surface area contributed by atoms with Crippen LogP contribution >= 0.6 is 0 Å². The van der Waals surface area contributed by atoms with Gasteiger partial charge in [0, 0.05) is 26.1 Å². The van der Waals surface area contributed by atoms with Crippen LogP contribution in [0.5, 0.6) is 0 Å². The van der Waals surface area contributed by atoms with Crippen molar-refractivity contribution in [2.45, 2.75) is 38.5 Å². The van der Waals surface area contributed by atoms with Crippen LogP contribution in [0.3, 0.4) is 0 Å². The average Bonchev–Trinajstić information content (AvgIpc) is 3.20. The Morgan fingerprint density at radius 1 is 1.22 bits per heavy atom. The van der Waals surface area contributed by atoms with Crippen molar-refractivity contribution in [2.75, 3.05) is 24.5 Å². The number of nitriles is 1. The van der Waals surface area contributed by atoms with Crippen molar-refractivity contribution in [2.24, 2.45) is 11.3 Å². The van der Waals surface area contributed by atoms with Gasteiger partial charge in [-0.2, -0.15) is 5.26 Å². The number of halogens is 1. The normalized spacial score (nSPS) is 27.2. The second kappa shape index (κ2) is 7.47. The molecule has 5 amide bonds. The van der Waals surface area contributed by atoms with Crippen molar-refractivity contribution in [3.05, 3.63) is 23.1 Å². The maximum atomic E-state index is 16.0. The van der Waals surface area contributed by atoms with E-state index in [2.05, 4.69) is 21.9 Å². The molecule has 0 unspecified atom stereocenters. The molecule has 0 saturated carbocycles. The Labute approximate surface area is 203 Å². The third kappa shape index (κ3) is 2.84. The van der Waals surface area contributed by atoms with E-state index in [1.165, 1.54) is 11.0 Å². The number of morpholine rings is 1. The lowest BCUT2D eigenvalue weighted by molar-refractivity contribution is -0.153. The van der Waals surface area contributed by atoms with Crippen LogP contribution in [0.2, 0.25) is 0 Å². The summed E-state index contributed by atoms with van der Waals surface area (Å²) >= 11 is 0. The molecule has 6 rings (SSSR count). The zero-order valence-corrected chi connectivity index (χ0v) is 19.3. The summed E-state index contributed by atoms with van der Waals surface area (Å²) in [5.74, 6) is -3.14. The second-order valence-electron chi connectivity index (χ2n) is 9.78. The van der Waals surface area contributed by atoms with Crippen LogP contribution in [0.25, 0.3) is 11.0 Å². The molecule has 3 saturated heterocycles. The van der Waals surface area contributed by atoms with E-state index in [1.54, 1.807) is 18.7 Å². The summed E-state index contributed by atoms with van der Waals surface area (Å²) in [7, 11) is 0. The number of benzene rings is 1. The molecule has 13 heteroatoms. The van der Waals surface area contributed by atoms with E-state index in [-0.39, 0.29) is 60.4 Å². The van der Waals surface area contributed by atoms with Gasteiger partial charge in [-0.15, -0.1) is 0 Å². The molecule has 0 aliphatic carbocycles. The van der Waals surface area contributed by atoms with Crippen molar-refractivity contribution in [1.82, 2.24) is 20.7 Å². The van der Waals surface area contributed by atoms with Crippen LogP contribution in [0.4, 0.5) is 14.9 Å². The first kappa shape index (κ1) is 22.4. The average molecular weight is 496 g/mol. The molecular weight excluding hydrogens is 475 g/mol. The minimum Gasteiger partial charge on any atom is -0.372 e. The first-order chi connectivity index (χ1) is 17.1. The van der Waals surface area contributed by atoms with Crippen molar-refractivity contribution >= 4 is 40.4 Å². The number of nitrogens with zero attached hydrogens (tertiary/aromatic N) is 4. The summed E-state index contributed by atoms with van der Waals surface area (Å²) < 4.78 is 27.2. The number of urea groups is 1.